The predicted molar refractivity (Wildman–Crippen MR) is 151 cm³/mol. The number of carbonyl (C=O) groups is 1. The number of carboxylic acids is 1. The van der Waals surface area contributed by atoms with Crippen LogP contribution in [-0.4, -0.2) is 17.2 Å². The number of halogens is 1. The monoisotopic (exact) mass is 528 g/mol. The molecule has 0 aliphatic carbocycles. The van der Waals surface area contributed by atoms with Crippen LogP contribution in [0.15, 0.2) is 91.0 Å². The summed E-state index contributed by atoms with van der Waals surface area (Å²) >= 11 is 0. The van der Waals surface area contributed by atoms with E-state index < -0.39 is 13.2 Å². The molecule has 4 heteroatoms. The summed E-state index contributed by atoms with van der Waals surface area (Å²) in [5.74, 6) is -0.673. The molecule has 178 valence electrons. The summed E-state index contributed by atoms with van der Waals surface area (Å²) in [5, 5.41) is 13.2. The molecule has 0 spiro atoms. The molecule has 0 atom stereocenters. The second-order valence-electron chi connectivity index (χ2n) is 8.73. The van der Waals surface area contributed by atoms with Crippen LogP contribution in [0, 0.1) is 0 Å². The van der Waals surface area contributed by atoms with Crippen LogP contribution in [0.25, 0.3) is 0 Å². The van der Waals surface area contributed by atoms with Crippen molar-refractivity contribution in [3.8, 4) is 0 Å². The van der Waals surface area contributed by atoms with Gasteiger partial charge in [0.2, 0.25) is 0 Å². The van der Waals surface area contributed by atoms with Gasteiger partial charge in [-0.3, -0.25) is 0 Å². The number of carboxylic acid groups (broad SMARTS) is 1. The Labute approximate surface area is 210 Å². The molecule has 2 nitrogen and oxygen atoms in total. The number of benzene rings is 3. The quantitative estimate of drug-likeness (QED) is 0.183. The first-order valence-electron chi connectivity index (χ1n) is 12.1. The molecule has 0 unspecified atom stereocenters. The summed E-state index contributed by atoms with van der Waals surface area (Å²) in [6, 6.07) is 33.5. The summed E-state index contributed by atoms with van der Waals surface area (Å²) in [5.41, 5.74) is 0. The van der Waals surface area contributed by atoms with Crippen LogP contribution >= 0.6 is 24.2 Å². The topological polar surface area (TPSA) is 37.3 Å². The summed E-state index contributed by atoms with van der Waals surface area (Å²) in [6.07, 6.45) is 10.8. The summed E-state index contributed by atoms with van der Waals surface area (Å²) in [4.78, 5) is 10.6. The van der Waals surface area contributed by atoms with Crippen LogP contribution < -0.4 is 15.9 Å². The minimum atomic E-state index is -2.08. The van der Waals surface area contributed by atoms with E-state index in [-0.39, 0.29) is 17.0 Å². The Morgan fingerprint density at radius 2 is 0.879 bits per heavy atom. The van der Waals surface area contributed by atoms with Gasteiger partial charge in [0.1, 0.15) is 0 Å². The van der Waals surface area contributed by atoms with Crippen molar-refractivity contribution >= 4 is 46.1 Å². The van der Waals surface area contributed by atoms with Gasteiger partial charge < -0.3 is 0 Å². The maximum absolute atomic E-state index is 10.6. The second-order valence-corrected chi connectivity index (χ2v) is 12.8. The van der Waals surface area contributed by atoms with Gasteiger partial charge in [0, 0.05) is 0 Å². The van der Waals surface area contributed by atoms with E-state index in [1.54, 1.807) is 0 Å². The first kappa shape index (κ1) is 27.3. The molecule has 0 aliphatic rings. The molecule has 0 aromatic heterocycles. The fraction of sp³-hybridized carbons (Fsp3) is 0.345. The van der Waals surface area contributed by atoms with Crippen molar-refractivity contribution in [2.75, 3.05) is 6.16 Å². The molecular formula is C29H38BrO2P. The van der Waals surface area contributed by atoms with Gasteiger partial charge in [0.05, 0.1) is 0 Å². The molecule has 33 heavy (non-hydrogen) atoms. The van der Waals surface area contributed by atoms with Gasteiger partial charge >= 0.3 is 194 Å². The average molecular weight is 529 g/mol. The van der Waals surface area contributed by atoms with E-state index in [9.17, 15) is 4.79 Å². The fourth-order valence-electron chi connectivity index (χ4n) is 4.83. The third-order valence-electron chi connectivity index (χ3n) is 6.49. The summed E-state index contributed by atoms with van der Waals surface area (Å²) in [6.45, 7) is 0. The van der Waals surface area contributed by atoms with Gasteiger partial charge in [-0.2, -0.15) is 0 Å². The van der Waals surface area contributed by atoms with Crippen molar-refractivity contribution in [3.63, 3.8) is 0 Å². The van der Waals surface area contributed by atoms with Gasteiger partial charge in [-0.05, 0) is 0 Å². The standard InChI is InChI=1S/C29H37O2P.BrH/c30-29(31)24-16-5-3-1-2-4-6-17-25-32(26-18-10-7-11-19-26,27-20-12-8-13-21-27)28-22-14-9-15-23-28;/h7-15,18-23,32H,1-6,16-17,24-25H2,(H,30,31);1H. The average Bonchev–Trinajstić information content (AvgIpc) is 2.84. The van der Waals surface area contributed by atoms with Gasteiger partial charge in [-0.25, -0.2) is 0 Å². The molecule has 0 bridgehead atoms. The van der Waals surface area contributed by atoms with Crippen molar-refractivity contribution in [2.45, 2.75) is 57.8 Å². The van der Waals surface area contributed by atoms with E-state index in [0.29, 0.717) is 6.42 Å². The molecule has 0 amide bonds. The van der Waals surface area contributed by atoms with Gasteiger partial charge in [-0.1, -0.05) is 0 Å². The summed E-state index contributed by atoms with van der Waals surface area (Å²) in [7, 11) is -2.08. The first-order valence-corrected chi connectivity index (χ1v) is 14.3. The van der Waals surface area contributed by atoms with Crippen molar-refractivity contribution in [3.05, 3.63) is 91.0 Å². The molecule has 3 aromatic rings. The van der Waals surface area contributed by atoms with Crippen LogP contribution in [-0.2, 0) is 4.79 Å². The molecule has 0 aliphatic heterocycles. The molecule has 3 rings (SSSR count). The zero-order valence-corrected chi connectivity index (χ0v) is 22.2. The maximum atomic E-state index is 10.6. The Bertz CT molecular complexity index is 819. The fourth-order valence-corrected chi connectivity index (χ4v) is 9.76. The van der Waals surface area contributed by atoms with Crippen molar-refractivity contribution < 1.29 is 9.90 Å². The molecule has 3 aromatic carbocycles. The van der Waals surface area contributed by atoms with E-state index in [1.807, 2.05) is 0 Å². The first-order chi connectivity index (χ1) is 15.7. The number of aliphatic carboxylic acids is 1. The number of unbranched alkanes of at least 4 members (excludes halogenated alkanes) is 7. The molecule has 0 heterocycles. The van der Waals surface area contributed by atoms with Crippen LogP contribution in [0.1, 0.15) is 57.8 Å². The van der Waals surface area contributed by atoms with Gasteiger partial charge in [0.25, 0.3) is 0 Å². The van der Waals surface area contributed by atoms with Crippen LogP contribution in [0.3, 0.4) is 0 Å². The SMILES string of the molecule is Br.O=C(O)CCCCCCCCCC[PH](c1ccccc1)(c1ccccc1)c1ccccc1. The molecule has 0 fully saturated rings. The van der Waals surface area contributed by atoms with Crippen LogP contribution in [0.2, 0.25) is 0 Å². The molecular weight excluding hydrogens is 491 g/mol. The third kappa shape index (κ3) is 8.09. The van der Waals surface area contributed by atoms with Gasteiger partial charge in [0.15, 0.2) is 0 Å². The van der Waals surface area contributed by atoms with Gasteiger partial charge in [-0.15, -0.1) is 17.0 Å². The van der Waals surface area contributed by atoms with Crippen molar-refractivity contribution in [1.82, 2.24) is 0 Å². The van der Waals surface area contributed by atoms with E-state index in [1.165, 1.54) is 54.2 Å². The Kier molecular flexibility index (Phi) is 12.4. The number of hydrogen-bond acceptors (Lipinski definition) is 1. The minimum absolute atomic E-state index is 0. The Balaban J connectivity index is 0.00000385. The van der Waals surface area contributed by atoms with E-state index in [2.05, 4.69) is 91.0 Å². The predicted octanol–water partition coefficient (Wildman–Crippen LogP) is 6.89. The van der Waals surface area contributed by atoms with Crippen LogP contribution in [0.5, 0.6) is 0 Å². The normalized spacial score (nSPS) is 11.5. The van der Waals surface area contributed by atoms with E-state index >= 15 is 0 Å². The van der Waals surface area contributed by atoms with E-state index in [0.717, 1.165) is 19.3 Å². The zero-order valence-electron chi connectivity index (χ0n) is 19.5. The number of hydrogen-bond donors (Lipinski definition) is 1. The zero-order chi connectivity index (χ0) is 22.5. The number of rotatable bonds is 14. The van der Waals surface area contributed by atoms with Crippen LogP contribution in [0.4, 0.5) is 0 Å². The van der Waals surface area contributed by atoms with Crippen molar-refractivity contribution in [2.24, 2.45) is 0 Å². The van der Waals surface area contributed by atoms with E-state index in [4.69, 9.17) is 5.11 Å². The summed E-state index contributed by atoms with van der Waals surface area (Å²) < 4.78 is 0. The Morgan fingerprint density at radius 3 is 1.24 bits per heavy atom. The van der Waals surface area contributed by atoms with Crippen molar-refractivity contribution in [1.29, 1.82) is 0 Å². The molecule has 0 saturated heterocycles. The molecule has 1 N–H and O–H groups in total. The molecule has 0 saturated carbocycles. The second kappa shape index (κ2) is 15.0. The molecule has 0 radical (unpaired) electrons. The Morgan fingerprint density at radius 1 is 0.545 bits per heavy atom. The Hall–Kier alpha value is -1.96. The third-order valence-corrected chi connectivity index (χ3v) is 11.6.